The second-order valence-electron chi connectivity index (χ2n) is 4.79. The number of aromatic nitrogens is 3. The number of hydrogen-bond acceptors (Lipinski definition) is 5. The molecule has 6 nitrogen and oxygen atoms in total. The van der Waals surface area contributed by atoms with E-state index >= 15 is 0 Å². The Labute approximate surface area is 99.6 Å². The van der Waals surface area contributed by atoms with Gasteiger partial charge in [0.25, 0.3) is 0 Å². The van der Waals surface area contributed by atoms with Gasteiger partial charge in [-0.1, -0.05) is 0 Å². The SMILES string of the molecule is COC(=O)C1(Cn2cncn2)CCCC1(C)O. The van der Waals surface area contributed by atoms with Crippen molar-refractivity contribution in [2.24, 2.45) is 5.41 Å². The quantitative estimate of drug-likeness (QED) is 0.771. The average molecular weight is 239 g/mol. The zero-order valence-corrected chi connectivity index (χ0v) is 10.1. The molecule has 1 saturated carbocycles. The van der Waals surface area contributed by atoms with E-state index in [9.17, 15) is 9.90 Å². The number of carbonyl (C=O) groups excluding carboxylic acids is 1. The summed E-state index contributed by atoms with van der Waals surface area (Å²) in [5.74, 6) is -0.379. The number of rotatable bonds is 3. The maximum absolute atomic E-state index is 12.0. The van der Waals surface area contributed by atoms with E-state index in [2.05, 4.69) is 10.1 Å². The van der Waals surface area contributed by atoms with Gasteiger partial charge in [0.1, 0.15) is 18.1 Å². The maximum Gasteiger partial charge on any atom is 0.316 e. The molecule has 1 heterocycles. The molecule has 0 radical (unpaired) electrons. The molecular weight excluding hydrogens is 222 g/mol. The highest BCUT2D eigenvalue weighted by molar-refractivity contribution is 5.78. The van der Waals surface area contributed by atoms with Crippen molar-refractivity contribution in [3.63, 3.8) is 0 Å². The normalized spacial score (nSPS) is 32.6. The highest BCUT2D eigenvalue weighted by Crippen LogP contribution is 2.48. The zero-order chi connectivity index (χ0) is 12.5. The van der Waals surface area contributed by atoms with Gasteiger partial charge in [0.2, 0.25) is 0 Å². The maximum atomic E-state index is 12.0. The molecule has 0 aliphatic heterocycles. The summed E-state index contributed by atoms with van der Waals surface area (Å²) in [7, 11) is 1.35. The van der Waals surface area contributed by atoms with Crippen LogP contribution in [0.5, 0.6) is 0 Å². The van der Waals surface area contributed by atoms with E-state index in [-0.39, 0.29) is 5.97 Å². The lowest BCUT2D eigenvalue weighted by Crippen LogP contribution is -2.50. The van der Waals surface area contributed by atoms with Crippen LogP contribution in [0.4, 0.5) is 0 Å². The monoisotopic (exact) mass is 239 g/mol. The molecule has 2 rings (SSSR count). The third-order valence-electron chi connectivity index (χ3n) is 3.77. The minimum Gasteiger partial charge on any atom is -0.468 e. The molecular formula is C11H17N3O3. The number of nitrogens with zero attached hydrogens (tertiary/aromatic N) is 3. The fourth-order valence-electron chi connectivity index (χ4n) is 2.67. The van der Waals surface area contributed by atoms with Gasteiger partial charge in [-0.15, -0.1) is 0 Å². The van der Waals surface area contributed by atoms with Crippen LogP contribution >= 0.6 is 0 Å². The number of hydrogen-bond donors (Lipinski definition) is 1. The number of aliphatic hydroxyl groups is 1. The van der Waals surface area contributed by atoms with Gasteiger partial charge in [0.05, 0.1) is 19.3 Å². The second kappa shape index (κ2) is 4.10. The van der Waals surface area contributed by atoms with Crippen LogP contribution < -0.4 is 0 Å². The van der Waals surface area contributed by atoms with Crippen molar-refractivity contribution in [3.05, 3.63) is 12.7 Å². The summed E-state index contributed by atoms with van der Waals surface area (Å²) in [6, 6.07) is 0. The Bertz CT molecular complexity index is 402. The lowest BCUT2D eigenvalue weighted by Gasteiger charge is -2.37. The third-order valence-corrected chi connectivity index (χ3v) is 3.77. The summed E-state index contributed by atoms with van der Waals surface area (Å²) in [5.41, 5.74) is -1.98. The number of carbonyl (C=O) groups is 1. The first-order chi connectivity index (χ1) is 8.02. The molecule has 2 atom stereocenters. The fraction of sp³-hybridized carbons (Fsp3) is 0.727. The van der Waals surface area contributed by atoms with Crippen molar-refractivity contribution in [1.82, 2.24) is 14.8 Å². The number of esters is 1. The molecule has 0 saturated heterocycles. The van der Waals surface area contributed by atoms with Crippen LogP contribution in [0.15, 0.2) is 12.7 Å². The molecule has 1 aliphatic carbocycles. The predicted octanol–water partition coefficient (Wildman–Crippen LogP) is 0.372. The third kappa shape index (κ3) is 1.82. The van der Waals surface area contributed by atoms with Crippen molar-refractivity contribution >= 4 is 5.97 Å². The van der Waals surface area contributed by atoms with E-state index in [1.54, 1.807) is 17.9 Å². The van der Waals surface area contributed by atoms with Crippen LogP contribution in [0.2, 0.25) is 0 Å². The summed E-state index contributed by atoms with van der Waals surface area (Å²) in [5, 5.41) is 14.4. The molecule has 0 aromatic carbocycles. The topological polar surface area (TPSA) is 77.2 Å². The molecule has 0 bridgehead atoms. The van der Waals surface area contributed by atoms with Gasteiger partial charge in [-0.3, -0.25) is 9.48 Å². The van der Waals surface area contributed by atoms with Crippen LogP contribution in [-0.2, 0) is 16.1 Å². The second-order valence-corrected chi connectivity index (χ2v) is 4.79. The standard InChI is InChI=1S/C11H17N3O3/c1-10(16)4-3-5-11(10,9(15)17-2)6-14-8-12-7-13-14/h7-8,16H,3-6H2,1-2H3. The van der Waals surface area contributed by atoms with Gasteiger partial charge < -0.3 is 9.84 Å². The Hall–Kier alpha value is -1.43. The summed E-state index contributed by atoms with van der Waals surface area (Å²) >= 11 is 0. The van der Waals surface area contributed by atoms with E-state index in [1.807, 2.05) is 0 Å². The van der Waals surface area contributed by atoms with Crippen molar-refractivity contribution in [2.75, 3.05) is 7.11 Å². The van der Waals surface area contributed by atoms with Gasteiger partial charge in [0, 0.05) is 0 Å². The first kappa shape index (κ1) is 12.0. The van der Waals surface area contributed by atoms with Crippen LogP contribution in [0.1, 0.15) is 26.2 Å². The molecule has 1 aromatic rings. The van der Waals surface area contributed by atoms with Gasteiger partial charge in [-0.05, 0) is 26.2 Å². The molecule has 2 unspecified atom stereocenters. The first-order valence-corrected chi connectivity index (χ1v) is 5.65. The lowest BCUT2D eigenvalue weighted by atomic mass is 9.75. The van der Waals surface area contributed by atoms with E-state index in [0.717, 1.165) is 6.42 Å². The van der Waals surface area contributed by atoms with Crippen LogP contribution in [-0.4, -0.2) is 38.6 Å². The molecule has 17 heavy (non-hydrogen) atoms. The first-order valence-electron chi connectivity index (χ1n) is 5.65. The van der Waals surface area contributed by atoms with Crippen molar-refractivity contribution < 1.29 is 14.6 Å². The van der Waals surface area contributed by atoms with Crippen molar-refractivity contribution in [3.8, 4) is 0 Å². The smallest absolute Gasteiger partial charge is 0.316 e. The summed E-state index contributed by atoms with van der Waals surface area (Å²) in [6.45, 7) is 1.99. The Morgan fingerprint density at radius 3 is 2.82 bits per heavy atom. The Balaban J connectivity index is 2.34. The molecule has 6 heteroatoms. The van der Waals surface area contributed by atoms with E-state index in [1.165, 1.54) is 13.4 Å². The van der Waals surface area contributed by atoms with Gasteiger partial charge >= 0.3 is 5.97 Å². The van der Waals surface area contributed by atoms with Gasteiger partial charge in [0.15, 0.2) is 0 Å². The Morgan fingerprint density at radius 2 is 2.35 bits per heavy atom. The van der Waals surface area contributed by atoms with Crippen molar-refractivity contribution in [2.45, 2.75) is 38.3 Å². The fourth-order valence-corrected chi connectivity index (χ4v) is 2.67. The molecule has 0 spiro atoms. The minimum atomic E-state index is -1.06. The molecule has 1 fully saturated rings. The molecule has 1 aromatic heterocycles. The Morgan fingerprint density at radius 1 is 1.59 bits per heavy atom. The summed E-state index contributed by atoms with van der Waals surface area (Å²) in [6.07, 6.45) is 4.95. The summed E-state index contributed by atoms with van der Waals surface area (Å²) in [4.78, 5) is 15.9. The van der Waals surface area contributed by atoms with Crippen LogP contribution in [0.25, 0.3) is 0 Å². The number of methoxy groups -OCH3 is 1. The molecule has 1 aliphatic rings. The van der Waals surface area contributed by atoms with Crippen LogP contribution in [0.3, 0.4) is 0 Å². The van der Waals surface area contributed by atoms with E-state index in [4.69, 9.17) is 4.74 Å². The highest BCUT2D eigenvalue weighted by Gasteiger charge is 2.57. The highest BCUT2D eigenvalue weighted by atomic mass is 16.5. The lowest BCUT2D eigenvalue weighted by molar-refractivity contribution is -0.169. The largest absolute Gasteiger partial charge is 0.468 e. The van der Waals surface area contributed by atoms with Gasteiger partial charge in [-0.25, -0.2) is 4.98 Å². The Kier molecular flexibility index (Phi) is 2.91. The van der Waals surface area contributed by atoms with Gasteiger partial charge in [-0.2, -0.15) is 5.10 Å². The molecule has 94 valence electrons. The minimum absolute atomic E-state index is 0.298. The van der Waals surface area contributed by atoms with E-state index < -0.39 is 11.0 Å². The van der Waals surface area contributed by atoms with Crippen molar-refractivity contribution in [1.29, 1.82) is 0 Å². The predicted molar refractivity (Wildman–Crippen MR) is 58.9 cm³/mol. The molecule has 0 amide bonds. The van der Waals surface area contributed by atoms with Crippen LogP contribution in [0, 0.1) is 5.41 Å². The zero-order valence-electron chi connectivity index (χ0n) is 10.1. The average Bonchev–Trinajstić information content (AvgIpc) is 2.87. The van der Waals surface area contributed by atoms with E-state index in [0.29, 0.717) is 19.4 Å². The number of ether oxygens (including phenoxy) is 1. The summed E-state index contributed by atoms with van der Waals surface area (Å²) < 4.78 is 6.43. The molecule has 1 N–H and O–H groups in total.